The van der Waals surface area contributed by atoms with Crippen molar-refractivity contribution >= 4 is 11.9 Å². The smallest absolute Gasteiger partial charge is 0.344 e. The van der Waals surface area contributed by atoms with Crippen LogP contribution in [-0.4, -0.2) is 31.1 Å². The summed E-state index contributed by atoms with van der Waals surface area (Å²) in [6.07, 6.45) is 4.15. The molecule has 1 aromatic rings. The minimum absolute atomic E-state index is 0.169. The van der Waals surface area contributed by atoms with Crippen LogP contribution in [-0.2, 0) is 20.7 Å². The zero-order valence-electron chi connectivity index (χ0n) is 15.4. The third kappa shape index (κ3) is 5.76. The summed E-state index contributed by atoms with van der Waals surface area (Å²) >= 11 is 0. The molecule has 0 aromatic heterocycles. The maximum atomic E-state index is 12.0. The summed E-state index contributed by atoms with van der Waals surface area (Å²) in [7, 11) is 0. The van der Waals surface area contributed by atoms with Gasteiger partial charge in [-0.15, -0.1) is 0 Å². The van der Waals surface area contributed by atoms with Crippen LogP contribution in [0.4, 0.5) is 0 Å². The molecule has 1 amide bonds. The van der Waals surface area contributed by atoms with E-state index >= 15 is 0 Å². The van der Waals surface area contributed by atoms with Crippen molar-refractivity contribution in [3.8, 4) is 5.75 Å². The number of rotatable bonds is 7. The average Bonchev–Trinajstić information content (AvgIpc) is 2.62. The lowest BCUT2D eigenvalue weighted by molar-refractivity contribution is -0.150. The van der Waals surface area contributed by atoms with Crippen LogP contribution in [0, 0.1) is 11.8 Å². The van der Waals surface area contributed by atoms with E-state index in [0.29, 0.717) is 17.6 Å². The Balaban J connectivity index is 1.71. The van der Waals surface area contributed by atoms with E-state index in [0.717, 1.165) is 24.8 Å². The van der Waals surface area contributed by atoms with E-state index in [-0.39, 0.29) is 25.2 Å². The Morgan fingerprint density at radius 2 is 1.92 bits per heavy atom. The molecule has 1 saturated carbocycles. The number of carbonyl (C=O) groups excluding carboxylic acids is 2. The molecule has 1 aromatic carbocycles. The largest absolute Gasteiger partial charge is 0.482 e. The van der Waals surface area contributed by atoms with Crippen LogP contribution in [0.25, 0.3) is 0 Å². The van der Waals surface area contributed by atoms with E-state index < -0.39 is 5.97 Å². The monoisotopic (exact) mass is 347 g/mol. The Kier molecular flexibility index (Phi) is 7.29. The summed E-state index contributed by atoms with van der Waals surface area (Å²) < 4.78 is 10.5. The molecule has 0 aliphatic heterocycles. The average molecular weight is 347 g/mol. The molecule has 25 heavy (non-hydrogen) atoms. The summed E-state index contributed by atoms with van der Waals surface area (Å²) in [5, 5.41) is 2.99. The number of ether oxygens (including phenoxy) is 2. The number of esters is 1. The molecule has 0 radical (unpaired) electrons. The molecule has 2 rings (SSSR count). The molecule has 5 nitrogen and oxygen atoms in total. The van der Waals surface area contributed by atoms with E-state index in [2.05, 4.69) is 19.2 Å². The zero-order valence-corrected chi connectivity index (χ0v) is 15.4. The number of para-hydroxylation sites is 1. The normalized spacial score (nSPS) is 22.9. The maximum absolute atomic E-state index is 12.0. The van der Waals surface area contributed by atoms with Gasteiger partial charge in [0, 0.05) is 6.04 Å². The van der Waals surface area contributed by atoms with Crippen molar-refractivity contribution in [1.82, 2.24) is 5.32 Å². The second-order valence-electron chi connectivity index (χ2n) is 6.85. The second kappa shape index (κ2) is 9.44. The number of hydrogen-bond donors (Lipinski definition) is 1. The molecule has 5 heteroatoms. The highest BCUT2D eigenvalue weighted by molar-refractivity contribution is 5.81. The van der Waals surface area contributed by atoms with Gasteiger partial charge in [-0.3, -0.25) is 4.79 Å². The fraction of sp³-hybridized carbons (Fsp3) is 0.600. The van der Waals surface area contributed by atoms with Gasteiger partial charge in [0.2, 0.25) is 0 Å². The Morgan fingerprint density at radius 1 is 1.16 bits per heavy atom. The minimum atomic E-state index is -0.536. The Labute approximate surface area is 150 Å². The van der Waals surface area contributed by atoms with Gasteiger partial charge in [0.25, 0.3) is 5.91 Å². The fourth-order valence-corrected chi connectivity index (χ4v) is 3.30. The highest BCUT2D eigenvalue weighted by atomic mass is 16.6. The number of hydrogen-bond acceptors (Lipinski definition) is 4. The molecule has 1 fully saturated rings. The molecule has 1 aliphatic rings. The minimum Gasteiger partial charge on any atom is -0.482 e. The lowest BCUT2D eigenvalue weighted by Gasteiger charge is -2.34. The van der Waals surface area contributed by atoms with Crippen molar-refractivity contribution in [3.63, 3.8) is 0 Å². The quantitative estimate of drug-likeness (QED) is 0.770. The number of aryl methyl sites for hydroxylation is 1. The van der Waals surface area contributed by atoms with Gasteiger partial charge < -0.3 is 14.8 Å². The summed E-state index contributed by atoms with van der Waals surface area (Å²) in [6.45, 7) is 5.96. The SMILES string of the molecule is CCc1ccccc1OCC(=O)OCC(=O)NC1CCCC(C)C1C. The predicted octanol–water partition coefficient (Wildman–Crippen LogP) is 3.11. The first-order valence-corrected chi connectivity index (χ1v) is 9.17. The number of nitrogens with one attached hydrogen (secondary N) is 1. The summed E-state index contributed by atoms with van der Waals surface area (Å²) in [5.74, 6) is 0.951. The van der Waals surface area contributed by atoms with Gasteiger partial charge in [0.1, 0.15) is 5.75 Å². The highest BCUT2D eigenvalue weighted by Crippen LogP contribution is 2.29. The predicted molar refractivity (Wildman–Crippen MR) is 96.4 cm³/mol. The lowest BCUT2D eigenvalue weighted by atomic mass is 9.78. The Hall–Kier alpha value is -2.04. The molecular weight excluding hydrogens is 318 g/mol. The van der Waals surface area contributed by atoms with Gasteiger partial charge in [-0.2, -0.15) is 0 Å². The van der Waals surface area contributed by atoms with Crippen molar-refractivity contribution < 1.29 is 19.1 Å². The van der Waals surface area contributed by atoms with Gasteiger partial charge in [-0.1, -0.05) is 51.8 Å². The molecule has 138 valence electrons. The first-order valence-electron chi connectivity index (χ1n) is 9.17. The molecule has 3 unspecified atom stereocenters. The molecular formula is C20H29NO4. The van der Waals surface area contributed by atoms with Crippen molar-refractivity contribution in [2.75, 3.05) is 13.2 Å². The Bertz CT molecular complexity index is 587. The molecule has 3 atom stereocenters. The van der Waals surface area contributed by atoms with Crippen LogP contribution in [0.15, 0.2) is 24.3 Å². The number of carbonyl (C=O) groups is 2. The van der Waals surface area contributed by atoms with E-state index in [1.165, 1.54) is 6.42 Å². The van der Waals surface area contributed by atoms with E-state index in [4.69, 9.17) is 9.47 Å². The summed E-state index contributed by atoms with van der Waals surface area (Å²) in [4.78, 5) is 23.8. The molecule has 0 bridgehead atoms. The molecule has 0 spiro atoms. The number of benzene rings is 1. The number of amides is 1. The maximum Gasteiger partial charge on any atom is 0.344 e. The van der Waals surface area contributed by atoms with E-state index in [1.807, 2.05) is 31.2 Å². The molecule has 1 aliphatic carbocycles. The molecule has 1 N–H and O–H groups in total. The van der Waals surface area contributed by atoms with Crippen LogP contribution >= 0.6 is 0 Å². The third-order valence-corrected chi connectivity index (χ3v) is 5.12. The topological polar surface area (TPSA) is 64.6 Å². The van der Waals surface area contributed by atoms with Crippen LogP contribution in [0.1, 0.15) is 45.6 Å². The van der Waals surface area contributed by atoms with Crippen molar-refractivity contribution in [2.24, 2.45) is 11.8 Å². The Morgan fingerprint density at radius 3 is 2.68 bits per heavy atom. The summed E-state index contributed by atoms with van der Waals surface area (Å²) in [6, 6.07) is 7.74. The fourth-order valence-electron chi connectivity index (χ4n) is 3.30. The van der Waals surface area contributed by atoms with Gasteiger partial charge in [0.05, 0.1) is 0 Å². The van der Waals surface area contributed by atoms with Crippen molar-refractivity contribution in [1.29, 1.82) is 0 Å². The van der Waals surface area contributed by atoms with Crippen LogP contribution in [0.2, 0.25) is 0 Å². The second-order valence-corrected chi connectivity index (χ2v) is 6.85. The first-order chi connectivity index (χ1) is 12.0. The van der Waals surface area contributed by atoms with Gasteiger partial charge in [-0.25, -0.2) is 4.79 Å². The standard InChI is InChI=1S/C20H29NO4/c1-4-16-9-5-6-11-18(16)24-13-20(23)25-12-19(22)21-17-10-7-8-14(2)15(17)3/h5-6,9,11,14-15,17H,4,7-8,10,12-13H2,1-3H3,(H,21,22). The molecule has 0 saturated heterocycles. The van der Waals surface area contributed by atoms with Crippen LogP contribution in [0.3, 0.4) is 0 Å². The van der Waals surface area contributed by atoms with Gasteiger partial charge in [0.15, 0.2) is 13.2 Å². The third-order valence-electron chi connectivity index (χ3n) is 5.12. The molecule has 0 heterocycles. The first kappa shape index (κ1) is 19.3. The van der Waals surface area contributed by atoms with Crippen LogP contribution < -0.4 is 10.1 Å². The lowest BCUT2D eigenvalue weighted by Crippen LogP contribution is -2.45. The highest BCUT2D eigenvalue weighted by Gasteiger charge is 2.28. The zero-order chi connectivity index (χ0) is 18.2. The van der Waals surface area contributed by atoms with Crippen LogP contribution in [0.5, 0.6) is 5.75 Å². The van der Waals surface area contributed by atoms with Gasteiger partial charge >= 0.3 is 5.97 Å². The van der Waals surface area contributed by atoms with Gasteiger partial charge in [-0.05, 0) is 36.3 Å². The summed E-state index contributed by atoms with van der Waals surface area (Å²) in [5.41, 5.74) is 1.04. The van der Waals surface area contributed by atoms with E-state index in [1.54, 1.807) is 0 Å². The van der Waals surface area contributed by atoms with Crippen molar-refractivity contribution in [2.45, 2.75) is 52.5 Å². The van der Waals surface area contributed by atoms with E-state index in [9.17, 15) is 9.59 Å². The van der Waals surface area contributed by atoms with Crippen molar-refractivity contribution in [3.05, 3.63) is 29.8 Å².